The lowest BCUT2D eigenvalue weighted by Gasteiger charge is -2.14. The second-order valence-electron chi connectivity index (χ2n) is 6.25. The van der Waals surface area contributed by atoms with Gasteiger partial charge in [0.1, 0.15) is 6.61 Å². The summed E-state index contributed by atoms with van der Waals surface area (Å²) in [6.07, 6.45) is 4.98. The highest BCUT2D eigenvalue weighted by molar-refractivity contribution is 6.31. The number of hydrogen-bond acceptors (Lipinski definition) is 3. The van der Waals surface area contributed by atoms with Crippen molar-refractivity contribution in [3.8, 4) is 11.5 Å². The molecule has 0 aliphatic rings. The summed E-state index contributed by atoms with van der Waals surface area (Å²) in [6.45, 7) is 4.33. The van der Waals surface area contributed by atoms with E-state index in [0.717, 1.165) is 24.2 Å². The molecule has 2 rings (SSSR count). The van der Waals surface area contributed by atoms with E-state index in [1.165, 1.54) is 25.7 Å². The van der Waals surface area contributed by atoms with Gasteiger partial charge in [-0.15, -0.1) is 0 Å². The van der Waals surface area contributed by atoms with Gasteiger partial charge in [-0.25, -0.2) is 0 Å². The van der Waals surface area contributed by atoms with E-state index in [0.29, 0.717) is 28.2 Å². The zero-order valence-corrected chi connectivity index (χ0v) is 17.0. The predicted octanol–water partition coefficient (Wildman–Crippen LogP) is 6.25. The third kappa shape index (κ3) is 6.71. The molecule has 2 aromatic rings. The van der Waals surface area contributed by atoms with Gasteiger partial charge >= 0.3 is 0 Å². The molecule has 0 spiro atoms. The summed E-state index contributed by atoms with van der Waals surface area (Å²) in [5, 5.41) is 4.81. The first-order valence-electron chi connectivity index (χ1n) is 9.08. The molecule has 0 fully saturated rings. The lowest BCUT2D eigenvalue weighted by atomic mass is 10.1. The molecular weight excluding hydrogens is 369 g/mol. The summed E-state index contributed by atoms with van der Waals surface area (Å²) in [6, 6.07) is 11.4. The van der Waals surface area contributed by atoms with E-state index in [1.807, 2.05) is 36.4 Å². The summed E-state index contributed by atoms with van der Waals surface area (Å²) < 4.78 is 11.4. The highest BCUT2D eigenvalue weighted by atomic mass is 35.5. The van der Waals surface area contributed by atoms with Gasteiger partial charge < -0.3 is 14.8 Å². The van der Waals surface area contributed by atoms with Gasteiger partial charge in [0.15, 0.2) is 11.5 Å². The highest BCUT2D eigenvalue weighted by Gasteiger charge is 2.11. The molecule has 0 aliphatic carbocycles. The van der Waals surface area contributed by atoms with Crippen molar-refractivity contribution in [2.75, 3.05) is 13.7 Å². The Bertz CT molecular complexity index is 692. The van der Waals surface area contributed by atoms with Crippen LogP contribution in [0.2, 0.25) is 10.0 Å². The summed E-state index contributed by atoms with van der Waals surface area (Å²) in [5.74, 6) is 1.31. The molecule has 0 atom stereocenters. The maximum Gasteiger partial charge on any atom is 0.163 e. The normalized spacial score (nSPS) is 10.8. The fraction of sp³-hybridized carbons (Fsp3) is 0.429. The smallest absolute Gasteiger partial charge is 0.163 e. The molecule has 26 heavy (non-hydrogen) atoms. The zero-order valence-electron chi connectivity index (χ0n) is 15.5. The topological polar surface area (TPSA) is 30.5 Å². The van der Waals surface area contributed by atoms with Crippen LogP contribution in [0.25, 0.3) is 0 Å². The molecule has 0 aromatic heterocycles. The fourth-order valence-corrected chi connectivity index (χ4v) is 3.11. The molecule has 0 amide bonds. The van der Waals surface area contributed by atoms with E-state index in [4.69, 9.17) is 32.7 Å². The minimum atomic E-state index is 0.405. The molecule has 2 aromatic carbocycles. The Kier molecular flexibility index (Phi) is 9.10. The average molecular weight is 396 g/mol. The number of ether oxygens (including phenoxy) is 2. The van der Waals surface area contributed by atoms with Crippen LogP contribution < -0.4 is 14.8 Å². The van der Waals surface area contributed by atoms with Crippen molar-refractivity contribution < 1.29 is 9.47 Å². The Hall–Kier alpha value is -1.42. The van der Waals surface area contributed by atoms with Crippen molar-refractivity contribution in [2.45, 2.75) is 45.8 Å². The predicted molar refractivity (Wildman–Crippen MR) is 110 cm³/mol. The van der Waals surface area contributed by atoms with Gasteiger partial charge in [-0.05, 0) is 42.3 Å². The summed E-state index contributed by atoms with van der Waals surface area (Å²) in [7, 11) is 1.64. The van der Waals surface area contributed by atoms with Crippen molar-refractivity contribution in [1.29, 1.82) is 0 Å². The molecule has 142 valence electrons. The van der Waals surface area contributed by atoms with Gasteiger partial charge in [0.2, 0.25) is 0 Å². The van der Waals surface area contributed by atoms with Gasteiger partial charge in [0.05, 0.1) is 7.11 Å². The summed E-state index contributed by atoms with van der Waals surface area (Å²) in [5.41, 5.74) is 2.00. The second kappa shape index (κ2) is 11.3. The van der Waals surface area contributed by atoms with Gasteiger partial charge in [-0.2, -0.15) is 0 Å². The van der Waals surface area contributed by atoms with Crippen molar-refractivity contribution >= 4 is 23.2 Å². The molecule has 0 saturated heterocycles. The van der Waals surface area contributed by atoms with Crippen molar-refractivity contribution in [3.63, 3.8) is 0 Å². The highest BCUT2D eigenvalue weighted by Crippen LogP contribution is 2.34. The lowest BCUT2D eigenvalue weighted by molar-refractivity contribution is 0.284. The number of nitrogens with one attached hydrogen (secondary N) is 1. The monoisotopic (exact) mass is 395 g/mol. The number of unbranched alkanes of at least 4 members (excludes halogenated alkanes) is 3. The van der Waals surface area contributed by atoms with E-state index >= 15 is 0 Å². The van der Waals surface area contributed by atoms with Crippen LogP contribution in [0.4, 0.5) is 0 Å². The number of benzene rings is 2. The number of halogens is 2. The fourth-order valence-electron chi connectivity index (χ4n) is 2.67. The number of methoxy groups -OCH3 is 1. The van der Waals surface area contributed by atoms with Crippen LogP contribution in [-0.4, -0.2) is 13.7 Å². The molecule has 5 heteroatoms. The van der Waals surface area contributed by atoms with Crippen molar-refractivity contribution in [1.82, 2.24) is 5.32 Å². The number of hydrogen-bond donors (Lipinski definition) is 1. The van der Waals surface area contributed by atoms with E-state index in [1.54, 1.807) is 7.11 Å². The molecule has 0 bridgehead atoms. The quantitative estimate of drug-likeness (QED) is 0.456. The van der Waals surface area contributed by atoms with Crippen LogP contribution in [0.3, 0.4) is 0 Å². The zero-order chi connectivity index (χ0) is 18.8. The maximum atomic E-state index is 6.43. The molecular formula is C21H27Cl2NO2. The van der Waals surface area contributed by atoms with Gasteiger partial charge in [-0.1, -0.05) is 61.5 Å². The minimum absolute atomic E-state index is 0.405. The summed E-state index contributed by atoms with van der Waals surface area (Å²) >= 11 is 12.4. The van der Waals surface area contributed by atoms with Gasteiger partial charge in [-0.3, -0.25) is 0 Å². The Labute approximate surface area is 166 Å². The van der Waals surface area contributed by atoms with Crippen LogP contribution >= 0.6 is 23.2 Å². The number of rotatable bonds is 11. The molecule has 0 unspecified atom stereocenters. The van der Waals surface area contributed by atoms with Gasteiger partial charge in [0.25, 0.3) is 0 Å². The molecule has 0 radical (unpaired) electrons. The molecule has 0 aliphatic heterocycles. The Balaban J connectivity index is 1.95. The second-order valence-corrected chi connectivity index (χ2v) is 7.09. The molecule has 0 heterocycles. The Morgan fingerprint density at radius 1 is 1.00 bits per heavy atom. The van der Waals surface area contributed by atoms with E-state index < -0.39 is 0 Å². The Morgan fingerprint density at radius 2 is 1.85 bits per heavy atom. The first-order chi connectivity index (χ1) is 12.6. The van der Waals surface area contributed by atoms with Crippen LogP contribution in [-0.2, 0) is 13.2 Å². The standard InChI is InChI=1S/C21H27Cl2NO2/c1-3-4-5-6-10-24-14-17-12-20(25-2)21(13-19(17)23)26-15-16-8-7-9-18(22)11-16/h7-9,11-13,24H,3-6,10,14-15H2,1-2H3. The van der Waals surface area contributed by atoms with Gasteiger partial charge in [0, 0.05) is 22.7 Å². The third-order valence-corrected chi connectivity index (χ3v) is 4.73. The molecule has 1 N–H and O–H groups in total. The first-order valence-corrected chi connectivity index (χ1v) is 9.84. The SMILES string of the molecule is CCCCCCNCc1cc(OC)c(OCc2cccc(Cl)c2)cc1Cl. The molecule has 0 saturated carbocycles. The third-order valence-electron chi connectivity index (χ3n) is 4.14. The van der Waals surface area contributed by atoms with Crippen molar-refractivity contribution in [2.24, 2.45) is 0 Å². The Morgan fingerprint density at radius 3 is 2.58 bits per heavy atom. The largest absolute Gasteiger partial charge is 0.493 e. The van der Waals surface area contributed by atoms with E-state index in [9.17, 15) is 0 Å². The first kappa shape index (κ1) is 20.9. The average Bonchev–Trinajstić information content (AvgIpc) is 2.64. The van der Waals surface area contributed by atoms with E-state index in [2.05, 4.69) is 12.2 Å². The van der Waals surface area contributed by atoms with Crippen LogP contribution in [0.15, 0.2) is 36.4 Å². The van der Waals surface area contributed by atoms with Crippen LogP contribution in [0, 0.1) is 0 Å². The van der Waals surface area contributed by atoms with E-state index in [-0.39, 0.29) is 0 Å². The van der Waals surface area contributed by atoms with Crippen LogP contribution in [0.1, 0.15) is 43.7 Å². The van der Waals surface area contributed by atoms with Crippen LogP contribution in [0.5, 0.6) is 11.5 Å². The van der Waals surface area contributed by atoms with Crippen molar-refractivity contribution in [3.05, 3.63) is 57.6 Å². The summed E-state index contributed by atoms with van der Waals surface area (Å²) in [4.78, 5) is 0. The molecule has 3 nitrogen and oxygen atoms in total. The minimum Gasteiger partial charge on any atom is -0.493 e. The maximum absolute atomic E-state index is 6.43. The lowest BCUT2D eigenvalue weighted by Crippen LogP contribution is -2.15.